The van der Waals surface area contributed by atoms with E-state index in [-0.39, 0.29) is 5.56 Å². The molecule has 0 aliphatic heterocycles. The summed E-state index contributed by atoms with van der Waals surface area (Å²) in [4.78, 5) is 11.8. The maximum atomic E-state index is 10.8. The van der Waals surface area contributed by atoms with Gasteiger partial charge in [-0.2, -0.15) is 5.10 Å². The van der Waals surface area contributed by atoms with Crippen LogP contribution in [0.25, 0.3) is 0 Å². The Bertz CT molecular complexity index is 624. The number of hydrazone groups is 1. The SMILES string of the molecule is C/C(=N/Nc1cc(C(=O)[O-])ccc1Cl)c1cccs1. The van der Waals surface area contributed by atoms with Crippen LogP contribution in [0.1, 0.15) is 22.2 Å². The van der Waals surface area contributed by atoms with Crippen molar-refractivity contribution >= 4 is 40.3 Å². The number of thiophene rings is 1. The zero-order valence-corrected chi connectivity index (χ0v) is 11.6. The second-order valence-electron chi connectivity index (χ2n) is 3.77. The average molecular weight is 294 g/mol. The lowest BCUT2D eigenvalue weighted by Gasteiger charge is -2.08. The molecule has 1 aromatic carbocycles. The van der Waals surface area contributed by atoms with Gasteiger partial charge in [-0.1, -0.05) is 23.7 Å². The van der Waals surface area contributed by atoms with Gasteiger partial charge in [0.25, 0.3) is 0 Å². The summed E-state index contributed by atoms with van der Waals surface area (Å²) in [5.74, 6) is -1.25. The highest BCUT2D eigenvalue weighted by Gasteiger charge is 2.03. The van der Waals surface area contributed by atoms with Crippen molar-refractivity contribution in [3.05, 3.63) is 51.2 Å². The quantitative estimate of drug-likeness (QED) is 0.696. The van der Waals surface area contributed by atoms with Gasteiger partial charge in [-0.25, -0.2) is 0 Å². The van der Waals surface area contributed by atoms with Gasteiger partial charge in [0.15, 0.2) is 0 Å². The molecule has 0 aliphatic carbocycles. The molecule has 2 aromatic rings. The predicted molar refractivity (Wildman–Crippen MR) is 75.9 cm³/mol. The van der Waals surface area contributed by atoms with E-state index in [1.54, 1.807) is 11.3 Å². The van der Waals surface area contributed by atoms with E-state index in [0.717, 1.165) is 10.6 Å². The molecule has 0 spiro atoms. The summed E-state index contributed by atoms with van der Waals surface area (Å²) in [5, 5.41) is 17.3. The van der Waals surface area contributed by atoms with E-state index in [2.05, 4.69) is 10.5 Å². The first-order valence-electron chi connectivity index (χ1n) is 5.43. The average Bonchev–Trinajstić information content (AvgIpc) is 2.91. The maximum absolute atomic E-state index is 10.8. The van der Waals surface area contributed by atoms with Gasteiger partial charge < -0.3 is 9.90 Å². The van der Waals surface area contributed by atoms with Gasteiger partial charge in [0.1, 0.15) is 0 Å². The number of nitrogens with one attached hydrogen (secondary N) is 1. The third-order valence-corrected chi connectivity index (χ3v) is 3.73. The minimum Gasteiger partial charge on any atom is -0.545 e. The van der Waals surface area contributed by atoms with Crippen molar-refractivity contribution < 1.29 is 9.90 Å². The molecule has 98 valence electrons. The Labute approximate surface area is 119 Å². The first-order valence-corrected chi connectivity index (χ1v) is 6.69. The highest BCUT2D eigenvalue weighted by Crippen LogP contribution is 2.23. The second kappa shape index (κ2) is 5.86. The van der Waals surface area contributed by atoms with Gasteiger partial charge in [-0.15, -0.1) is 11.3 Å². The lowest BCUT2D eigenvalue weighted by atomic mass is 10.2. The van der Waals surface area contributed by atoms with E-state index in [4.69, 9.17) is 11.6 Å². The number of benzene rings is 1. The van der Waals surface area contributed by atoms with Crippen LogP contribution in [0.4, 0.5) is 5.69 Å². The van der Waals surface area contributed by atoms with E-state index in [0.29, 0.717) is 10.7 Å². The number of anilines is 1. The number of halogens is 1. The number of carboxylic acids is 1. The summed E-state index contributed by atoms with van der Waals surface area (Å²) < 4.78 is 0. The summed E-state index contributed by atoms with van der Waals surface area (Å²) >= 11 is 7.54. The number of hydrogen-bond donors (Lipinski definition) is 1. The van der Waals surface area contributed by atoms with Crippen molar-refractivity contribution in [3.63, 3.8) is 0 Å². The van der Waals surface area contributed by atoms with Crippen LogP contribution in [0, 0.1) is 0 Å². The number of carbonyl (C=O) groups is 1. The van der Waals surface area contributed by atoms with Crippen LogP contribution in [0.15, 0.2) is 40.8 Å². The Morgan fingerprint density at radius 3 is 2.84 bits per heavy atom. The number of hydrogen-bond acceptors (Lipinski definition) is 5. The smallest absolute Gasteiger partial charge is 0.0754 e. The second-order valence-corrected chi connectivity index (χ2v) is 5.12. The Hall–Kier alpha value is -1.85. The lowest BCUT2D eigenvalue weighted by molar-refractivity contribution is -0.255. The number of carboxylic acid groups (broad SMARTS) is 1. The summed E-state index contributed by atoms with van der Waals surface area (Å²) in [6, 6.07) is 8.15. The molecule has 0 fully saturated rings. The lowest BCUT2D eigenvalue weighted by Crippen LogP contribution is -2.22. The molecule has 0 atom stereocenters. The van der Waals surface area contributed by atoms with Crippen molar-refractivity contribution in [2.45, 2.75) is 6.92 Å². The molecule has 6 heteroatoms. The fourth-order valence-corrected chi connectivity index (χ4v) is 2.26. The highest BCUT2D eigenvalue weighted by atomic mass is 35.5. The minimum absolute atomic E-state index is 0.0517. The van der Waals surface area contributed by atoms with E-state index < -0.39 is 5.97 Å². The molecule has 0 aliphatic rings. The minimum atomic E-state index is -1.25. The molecule has 0 saturated heterocycles. The Balaban J connectivity index is 2.21. The summed E-state index contributed by atoms with van der Waals surface area (Å²) in [6.07, 6.45) is 0. The van der Waals surface area contributed by atoms with Gasteiger partial charge in [0, 0.05) is 4.88 Å². The molecule has 2 rings (SSSR count). The maximum Gasteiger partial charge on any atom is 0.0754 e. The zero-order valence-electron chi connectivity index (χ0n) is 10.0. The fraction of sp³-hybridized carbons (Fsp3) is 0.0769. The van der Waals surface area contributed by atoms with Gasteiger partial charge in [-0.3, -0.25) is 5.43 Å². The van der Waals surface area contributed by atoms with Gasteiger partial charge in [0.2, 0.25) is 0 Å². The molecular formula is C13H10ClN2O2S-. The van der Waals surface area contributed by atoms with Crippen LogP contribution in [0.5, 0.6) is 0 Å². The summed E-state index contributed by atoms with van der Waals surface area (Å²) in [7, 11) is 0. The Morgan fingerprint density at radius 1 is 1.42 bits per heavy atom. The molecule has 1 aromatic heterocycles. The molecule has 0 radical (unpaired) electrons. The van der Waals surface area contributed by atoms with Crippen LogP contribution in [0.2, 0.25) is 5.02 Å². The molecule has 19 heavy (non-hydrogen) atoms. The molecule has 0 saturated carbocycles. The van der Waals surface area contributed by atoms with Crippen LogP contribution in [-0.2, 0) is 0 Å². The monoisotopic (exact) mass is 293 g/mol. The summed E-state index contributed by atoms with van der Waals surface area (Å²) in [6.45, 7) is 1.86. The predicted octanol–water partition coefficient (Wildman–Crippen LogP) is 2.60. The largest absolute Gasteiger partial charge is 0.545 e. The molecular weight excluding hydrogens is 284 g/mol. The normalized spacial score (nSPS) is 11.4. The van der Waals surface area contributed by atoms with Crippen molar-refractivity contribution in [1.29, 1.82) is 0 Å². The number of aromatic carboxylic acids is 1. The molecule has 1 heterocycles. The van der Waals surface area contributed by atoms with E-state index in [9.17, 15) is 9.90 Å². The first-order chi connectivity index (χ1) is 9.08. The van der Waals surface area contributed by atoms with Crippen LogP contribution >= 0.6 is 22.9 Å². The van der Waals surface area contributed by atoms with E-state index in [1.807, 2.05) is 24.4 Å². The summed E-state index contributed by atoms with van der Waals surface area (Å²) in [5.41, 5.74) is 4.05. The molecule has 0 unspecified atom stereocenters. The third kappa shape index (κ3) is 3.33. The van der Waals surface area contributed by atoms with Gasteiger partial charge in [-0.05, 0) is 36.1 Å². The number of carbonyl (C=O) groups excluding carboxylic acids is 1. The zero-order chi connectivity index (χ0) is 13.8. The molecule has 1 N–H and O–H groups in total. The topological polar surface area (TPSA) is 64.5 Å². The van der Waals surface area contributed by atoms with Crippen LogP contribution < -0.4 is 10.5 Å². The van der Waals surface area contributed by atoms with Crippen molar-refractivity contribution in [3.8, 4) is 0 Å². The highest BCUT2D eigenvalue weighted by molar-refractivity contribution is 7.12. The van der Waals surface area contributed by atoms with Crippen LogP contribution in [0.3, 0.4) is 0 Å². The van der Waals surface area contributed by atoms with E-state index in [1.165, 1.54) is 18.2 Å². The molecule has 0 bridgehead atoms. The Kier molecular flexibility index (Phi) is 4.19. The number of nitrogens with zero attached hydrogens (tertiary/aromatic N) is 1. The fourth-order valence-electron chi connectivity index (χ4n) is 1.42. The van der Waals surface area contributed by atoms with Gasteiger partial charge in [0.05, 0.1) is 22.4 Å². The standard InChI is InChI=1S/C13H11ClN2O2S/c1-8(12-3-2-6-19-12)15-16-11-7-9(13(17)18)4-5-10(11)14/h2-7,16H,1H3,(H,17,18)/p-1/b15-8-. The van der Waals surface area contributed by atoms with Crippen molar-refractivity contribution in [2.75, 3.05) is 5.43 Å². The van der Waals surface area contributed by atoms with E-state index >= 15 is 0 Å². The Morgan fingerprint density at radius 2 is 2.21 bits per heavy atom. The molecule has 4 nitrogen and oxygen atoms in total. The van der Waals surface area contributed by atoms with Crippen molar-refractivity contribution in [2.24, 2.45) is 5.10 Å². The van der Waals surface area contributed by atoms with Crippen molar-refractivity contribution in [1.82, 2.24) is 0 Å². The number of rotatable bonds is 4. The van der Waals surface area contributed by atoms with Crippen LogP contribution in [-0.4, -0.2) is 11.7 Å². The first kappa shape index (κ1) is 13.6. The third-order valence-electron chi connectivity index (χ3n) is 2.42. The van der Waals surface area contributed by atoms with Gasteiger partial charge >= 0.3 is 0 Å². The molecule has 0 amide bonds.